The van der Waals surface area contributed by atoms with E-state index in [2.05, 4.69) is 4.72 Å². The average Bonchev–Trinajstić information content (AvgIpc) is 3.19. The fraction of sp³-hybridized carbons (Fsp3) is 0.421. The summed E-state index contributed by atoms with van der Waals surface area (Å²) in [5.41, 5.74) is 0.675. The van der Waals surface area contributed by atoms with Crippen molar-refractivity contribution in [3.05, 3.63) is 48.0 Å². The second-order valence-electron chi connectivity index (χ2n) is 7.19. The quantitative estimate of drug-likeness (QED) is 0.880. The minimum absolute atomic E-state index is 0.00331. The Kier molecular flexibility index (Phi) is 4.46. The van der Waals surface area contributed by atoms with Crippen LogP contribution in [-0.4, -0.2) is 57.8 Å². The molecule has 4 rings (SSSR count). The predicted molar refractivity (Wildman–Crippen MR) is 99.4 cm³/mol. The van der Waals surface area contributed by atoms with Crippen molar-refractivity contribution < 1.29 is 17.9 Å². The van der Waals surface area contributed by atoms with Crippen LogP contribution >= 0.6 is 0 Å². The van der Waals surface area contributed by atoms with E-state index < -0.39 is 10.0 Å². The first kappa shape index (κ1) is 17.5. The first-order valence-electron chi connectivity index (χ1n) is 8.75. The lowest BCUT2D eigenvalue weighted by atomic mass is 9.93. The van der Waals surface area contributed by atoms with Crippen LogP contribution in [0, 0.1) is 11.8 Å². The molecule has 2 heterocycles. The van der Waals surface area contributed by atoms with Crippen LogP contribution in [-0.2, 0) is 14.8 Å². The van der Waals surface area contributed by atoms with Crippen LogP contribution in [0.5, 0.6) is 0 Å². The van der Waals surface area contributed by atoms with E-state index in [1.165, 1.54) is 0 Å². The zero-order valence-corrected chi connectivity index (χ0v) is 15.4. The fourth-order valence-electron chi connectivity index (χ4n) is 3.94. The van der Waals surface area contributed by atoms with Crippen molar-refractivity contribution in [1.29, 1.82) is 0 Å². The molecule has 2 saturated heterocycles. The second kappa shape index (κ2) is 6.64. The smallest absolute Gasteiger partial charge is 0.253 e. The average molecular weight is 374 g/mol. The molecule has 3 atom stereocenters. The predicted octanol–water partition coefficient (Wildman–Crippen LogP) is 1.48. The number of sulfonamides is 1. The van der Waals surface area contributed by atoms with Crippen molar-refractivity contribution in [2.45, 2.75) is 6.10 Å². The number of hydrogen-bond donors (Lipinski definition) is 1. The molecule has 2 aliphatic heterocycles. The van der Waals surface area contributed by atoms with E-state index in [0.717, 1.165) is 17.0 Å². The molecule has 2 aromatic carbocycles. The maximum Gasteiger partial charge on any atom is 0.253 e. The Morgan fingerprint density at radius 1 is 1.19 bits per heavy atom. The van der Waals surface area contributed by atoms with Gasteiger partial charge in [0.05, 0.1) is 19.0 Å². The molecule has 0 saturated carbocycles. The van der Waals surface area contributed by atoms with Gasteiger partial charge in [-0.15, -0.1) is 0 Å². The minimum Gasteiger partial charge on any atom is -0.376 e. The minimum atomic E-state index is -3.22. The number of benzene rings is 2. The van der Waals surface area contributed by atoms with Crippen molar-refractivity contribution in [3.63, 3.8) is 0 Å². The van der Waals surface area contributed by atoms with Gasteiger partial charge in [-0.25, -0.2) is 13.1 Å². The molecule has 7 heteroatoms. The van der Waals surface area contributed by atoms with Crippen LogP contribution in [0.2, 0.25) is 0 Å². The molecule has 138 valence electrons. The van der Waals surface area contributed by atoms with Crippen LogP contribution in [0.15, 0.2) is 42.5 Å². The SMILES string of the molecule is CS(=O)(=O)NC[C@@H]1CO[C@@H]2CN(C(=O)c3ccc4ccccc4c3)C[C@H]12. The third-order valence-electron chi connectivity index (χ3n) is 5.33. The number of nitrogens with zero attached hydrogens (tertiary/aromatic N) is 1. The van der Waals surface area contributed by atoms with Crippen molar-refractivity contribution in [2.24, 2.45) is 11.8 Å². The summed E-state index contributed by atoms with van der Waals surface area (Å²) in [5, 5.41) is 2.15. The summed E-state index contributed by atoms with van der Waals surface area (Å²) in [4.78, 5) is 14.7. The van der Waals surface area contributed by atoms with Gasteiger partial charge in [0.2, 0.25) is 10.0 Å². The number of nitrogens with one attached hydrogen (secondary N) is 1. The molecule has 2 aliphatic rings. The molecule has 0 spiro atoms. The van der Waals surface area contributed by atoms with Gasteiger partial charge in [-0.2, -0.15) is 0 Å². The molecular weight excluding hydrogens is 352 g/mol. The van der Waals surface area contributed by atoms with Crippen LogP contribution < -0.4 is 4.72 Å². The van der Waals surface area contributed by atoms with E-state index in [1.54, 1.807) is 0 Å². The summed E-state index contributed by atoms with van der Waals surface area (Å²) in [6.07, 6.45) is 1.15. The van der Waals surface area contributed by atoms with Gasteiger partial charge in [0.1, 0.15) is 0 Å². The van der Waals surface area contributed by atoms with E-state index in [1.807, 2.05) is 47.4 Å². The Morgan fingerprint density at radius 2 is 1.96 bits per heavy atom. The summed E-state index contributed by atoms with van der Waals surface area (Å²) >= 11 is 0. The highest BCUT2D eigenvalue weighted by Crippen LogP contribution is 2.34. The topological polar surface area (TPSA) is 75.7 Å². The fourth-order valence-corrected chi connectivity index (χ4v) is 4.46. The highest BCUT2D eigenvalue weighted by atomic mass is 32.2. The maximum atomic E-state index is 12.9. The molecule has 2 fully saturated rings. The second-order valence-corrected chi connectivity index (χ2v) is 9.02. The van der Waals surface area contributed by atoms with Crippen LogP contribution in [0.4, 0.5) is 0 Å². The zero-order chi connectivity index (χ0) is 18.3. The summed E-state index contributed by atoms with van der Waals surface area (Å²) in [6, 6.07) is 13.7. The molecule has 0 bridgehead atoms. The van der Waals surface area contributed by atoms with Crippen LogP contribution in [0.25, 0.3) is 10.8 Å². The summed E-state index contributed by atoms with van der Waals surface area (Å²) in [5.74, 6) is 0.279. The summed E-state index contributed by atoms with van der Waals surface area (Å²) < 4.78 is 31.0. The molecule has 0 aliphatic carbocycles. The molecule has 2 aromatic rings. The molecule has 6 nitrogen and oxygen atoms in total. The van der Waals surface area contributed by atoms with Gasteiger partial charge >= 0.3 is 0 Å². The first-order valence-corrected chi connectivity index (χ1v) is 10.6. The number of carbonyl (C=O) groups is 1. The van der Waals surface area contributed by atoms with E-state index in [9.17, 15) is 13.2 Å². The van der Waals surface area contributed by atoms with Crippen molar-refractivity contribution in [2.75, 3.05) is 32.5 Å². The van der Waals surface area contributed by atoms with Crippen molar-refractivity contribution >= 4 is 26.7 Å². The Labute approximate surface area is 153 Å². The van der Waals surface area contributed by atoms with Gasteiger partial charge in [-0.3, -0.25) is 4.79 Å². The summed E-state index contributed by atoms with van der Waals surface area (Å²) in [7, 11) is -3.22. The molecule has 1 N–H and O–H groups in total. The van der Waals surface area contributed by atoms with Gasteiger partial charge in [-0.1, -0.05) is 30.3 Å². The normalized spacial score (nSPS) is 25.6. The third-order valence-corrected chi connectivity index (χ3v) is 6.02. The van der Waals surface area contributed by atoms with E-state index in [4.69, 9.17) is 4.74 Å². The van der Waals surface area contributed by atoms with E-state index in [-0.39, 0.29) is 23.8 Å². The zero-order valence-electron chi connectivity index (χ0n) is 14.6. The maximum absolute atomic E-state index is 12.9. The molecule has 1 amide bonds. The highest BCUT2D eigenvalue weighted by Gasteiger charge is 2.45. The summed E-state index contributed by atoms with van der Waals surface area (Å²) in [6.45, 7) is 2.06. The van der Waals surface area contributed by atoms with E-state index in [0.29, 0.717) is 31.8 Å². The number of hydrogen-bond acceptors (Lipinski definition) is 4. The lowest BCUT2D eigenvalue weighted by Gasteiger charge is -2.20. The number of fused-ring (bicyclic) bond motifs is 2. The van der Waals surface area contributed by atoms with Crippen molar-refractivity contribution in [3.8, 4) is 0 Å². The lowest BCUT2D eigenvalue weighted by Crippen LogP contribution is -2.35. The number of rotatable bonds is 4. The van der Waals surface area contributed by atoms with Gasteiger partial charge in [0, 0.05) is 37.0 Å². The lowest BCUT2D eigenvalue weighted by molar-refractivity contribution is 0.0679. The van der Waals surface area contributed by atoms with Gasteiger partial charge in [0.15, 0.2) is 0 Å². The Balaban J connectivity index is 1.46. The largest absolute Gasteiger partial charge is 0.376 e. The first-order chi connectivity index (χ1) is 12.4. The Bertz CT molecular complexity index is 943. The molecule has 0 aromatic heterocycles. The molecule has 0 radical (unpaired) electrons. The number of carbonyl (C=O) groups excluding carboxylic acids is 1. The monoisotopic (exact) mass is 374 g/mol. The Morgan fingerprint density at radius 3 is 2.73 bits per heavy atom. The Hall–Kier alpha value is -1.96. The van der Waals surface area contributed by atoms with Crippen molar-refractivity contribution in [1.82, 2.24) is 9.62 Å². The standard InChI is InChI=1S/C19H22N2O4S/c1-26(23,24)20-9-16-12-25-18-11-21(10-17(16)18)19(22)15-7-6-13-4-2-3-5-14(13)8-15/h2-8,16-18,20H,9-12H2,1H3/t16-,17-,18-/m1/s1. The highest BCUT2D eigenvalue weighted by molar-refractivity contribution is 7.88. The van der Waals surface area contributed by atoms with Crippen LogP contribution in [0.1, 0.15) is 10.4 Å². The van der Waals surface area contributed by atoms with Gasteiger partial charge < -0.3 is 9.64 Å². The molecular formula is C19H22N2O4S. The van der Waals surface area contributed by atoms with Gasteiger partial charge in [0.25, 0.3) is 5.91 Å². The molecule has 26 heavy (non-hydrogen) atoms. The third kappa shape index (κ3) is 3.47. The van der Waals surface area contributed by atoms with Gasteiger partial charge in [-0.05, 0) is 22.9 Å². The van der Waals surface area contributed by atoms with E-state index >= 15 is 0 Å². The number of ether oxygens (including phenoxy) is 1. The number of likely N-dealkylation sites (tertiary alicyclic amines) is 1. The van der Waals surface area contributed by atoms with Crippen LogP contribution in [0.3, 0.4) is 0 Å². The molecule has 0 unspecified atom stereocenters. The number of amides is 1.